The predicted octanol–water partition coefficient (Wildman–Crippen LogP) is 11.3. The zero-order chi connectivity index (χ0) is 32.6. The first-order chi connectivity index (χ1) is 24.3. The lowest BCUT2D eigenvalue weighted by molar-refractivity contribution is 0.918. The second-order valence-electron chi connectivity index (χ2n) is 12.1. The first kappa shape index (κ1) is 28.6. The third-order valence-electron chi connectivity index (χ3n) is 9.02. The van der Waals surface area contributed by atoms with E-state index >= 15 is 0 Å². The lowest BCUT2D eigenvalue weighted by Crippen LogP contribution is -1.97. The van der Waals surface area contributed by atoms with Crippen LogP contribution in [0.15, 0.2) is 182 Å². The molecule has 0 aliphatic rings. The highest BCUT2D eigenvalue weighted by molar-refractivity contribution is 6.17. The highest BCUT2D eigenvalue weighted by atomic mass is 15.3. The van der Waals surface area contributed by atoms with Crippen LogP contribution in [0.4, 0.5) is 0 Å². The van der Waals surface area contributed by atoms with E-state index in [1.165, 1.54) is 0 Å². The molecule has 0 atom stereocenters. The molecule has 0 bridgehead atoms. The molecular formula is C45H30N4. The van der Waals surface area contributed by atoms with E-state index in [4.69, 9.17) is 15.1 Å². The fourth-order valence-corrected chi connectivity index (χ4v) is 6.69. The van der Waals surface area contributed by atoms with Crippen LogP contribution in [0.1, 0.15) is 0 Å². The minimum absolute atomic E-state index is 0.683. The molecule has 0 saturated heterocycles. The van der Waals surface area contributed by atoms with Gasteiger partial charge in [0.25, 0.3) is 0 Å². The van der Waals surface area contributed by atoms with Gasteiger partial charge in [0.05, 0.1) is 22.6 Å². The molecule has 4 nitrogen and oxygen atoms in total. The fraction of sp³-hybridized carbons (Fsp3) is 0. The Labute approximate surface area is 284 Å². The zero-order valence-corrected chi connectivity index (χ0v) is 26.6. The molecule has 0 saturated carbocycles. The smallest absolute Gasteiger partial charge is 0.160 e. The Kier molecular flexibility index (Phi) is 7.10. The molecule has 4 heteroatoms. The number of benzene rings is 7. The maximum absolute atomic E-state index is 5.33. The Hall–Kier alpha value is -6.65. The van der Waals surface area contributed by atoms with Crippen LogP contribution in [0, 0.1) is 0 Å². The van der Waals surface area contributed by atoms with Crippen molar-refractivity contribution in [3.63, 3.8) is 0 Å². The van der Waals surface area contributed by atoms with Crippen molar-refractivity contribution >= 4 is 21.7 Å². The van der Waals surface area contributed by atoms with Gasteiger partial charge in [0, 0.05) is 33.0 Å². The van der Waals surface area contributed by atoms with Crippen molar-refractivity contribution < 1.29 is 0 Å². The molecule has 9 rings (SSSR count). The molecule has 0 unspecified atom stereocenters. The van der Waals surface area contributed by atoms with Gasteiger partial charge in [-0.15, -0.1) is 0 Å². The minimum Gasteiger partial charge on any atom is -0.232 e. The highest BCUT2D eigenvalue weighted by Gasteiger charge is 2.21. The lowest BCUT2D eigenvalue weighted by Gasteiger charge is -2.13. The Morgan fingerprint density at radius 3 is 1.59 bits per heavy atom. The number of hydrogen-bond acceptors (Lipinski definition) is 3. The quantitative estimate of drug-likeness (QED) is 0.184. The highest BCUT2D eigenvalue weighted by Crippen LogP contribution is 2.42. The van der Waals surface area contributed by atoms with E-state index in [1.807, 2.05) is 48.5 Å². The molecule has 49 heavy (non-hydrogen) atoms. The average Bonchev–Trinajstić information content (AvgIpc) is 3.60. The second-order valence-corrected chi connectivity index (χ2v) is 12.1. The second kappa shape index (κ2) is 12.2. The van der Waals surface area contributed by atoms with E-state index in [2.05, 4.69) is 138 Å². The molecule has 0 fully saturated rings. The first-order valence-electron chi connectivity index (χ1n) is 16.5. The molecule has 230 valence electrons. The van der Waals surface area contributed by atoms with Gasteiger partial charge in [-0.05, 0) is 46.8 Å². The minimum atomic E-state index is 0.683. The van der Waals surface area contributed by atoms with Crippen molar-refractivity contribution in [1.29, 1.82) is 0 Å². The Morgan fingerprint density at radius 1 is 0.408 bits per heavy atom. The van der Waals surface area contributed by atoms with Crippen LogP contribution in [0.3, 0.4) is 0 Å². The SMILES string of the molecule is c1ccc(-c2cc(-c3ccccc3)nc(-c3cccc(-c4cc5ccccc5c5c4c(-c4ccccc4)nn5-c4ccccc4)c3)n2)cc1. The Morgan fingerprint density at radius 2 is 0.939 bits per heavy atom. The van der Waals surface area contributed by atoms with Gasteiger partial charge in [0.15, 0.2) is 5.82 Å². The van der Waals surface area contributed by atoms with E-state index < -0.39 is 0 Å². The van der Waals surface area contributed by atoms with Crippen molar-refractivity contribution in [3.05, 3.63) is 182 Å². The predicted molar refractivity (Wildman–Crippen MR) is 201 cm³/mol. The third-order valence-corrected chi connectivity index (χ3v) is 9.02. The molecule has 2 heterocycles. The summed E-state index contributed by atoms with van der Waals surface area (Å²) in [4.78, 5) is 10.3. The van der Waals surface area contributed by atoms with Crippen LogP contribution in [-0.4, -0.2) is 19.7 Å². The van der Waals surface area contributed by atoms with Crippen molar-refractivity contribution in [2.24, 2.45) is 0 Å². The first-order valence-corrected chi connectivity index (χ1v) is 16.5. The fourth-order valence-electron chi connectivity index (χ4n) is 6.69. The largest absolute Gasteiger partial charge is 0.232 e. The number of fused-ring (bicyclic) bond motifs is 3. The lowest BCUT2D eigenvalue weighted by atomic mass is 9.93. The summed E-state index contributed by atoms with van der Waals surface area (Å²) in [5, 5.41) is 8.74. The number of para-hydroxylation sites is 1. The van der Waals surface area contributed by atoms with Gasteiger partial charge in [-0.25, -0.2) is 14.6 Å². The van der Waals surface area contributed by atoms with Crippen molar-refractivity contribution in [1.82, 2.24) is 19.7 Å². The molecule has 0 aliphatic heterocycles. The van der Waals surface area contributed by atoms with E-state index in [9.17, 15) is 0 Å². The normalized spacial score (nSPS) is 11.3. The maximum atomic E-state index is 5.33. The molecule has 0 aliphatic carbocycles. The number of hydrogen-bond donors (Lipinski definition) is 0. The van der Waals surface area contributed by atoms with E-state index in [-0.39, 0.29) is 0 Å². The molecule has 0 N–H and O–H groups in total. The zero-order valence-electron chi connectivity index (χ0n) is 26.6. The number of aromatic nitrogens is 4. The van der Waals surface area contributed by atoms with Gasteiger partial charge in [-0.1, -0.05) is 152 Å². The summed E-state index contributed by atoms with van der Waals surface area (Å²) >= 11 is 0. The summed E-state index contributed by atoms with van der Waals surface area (Å²) in [6.45, 7) is 0. The summed E-state index contributed by atoms with van der Waals surface area (Å²) in [5.41, 5.74) is 11.1. The molecular weight excluding hydrogens is 597 g/mol. The van der Waals surface area contributed by atoms with Gasteiger partial charge in [0.2, 0.25) is 0 Å². The van der Waals surface area contributed by atoms with Gasteiger partial charge in [0.1, 0.15) is 5.69 Å². The molecule has 0 radical (unpaired) electrons. The van der Waals surface area contributed by atoms with Crippen LogP contribution < -0.4 is 0 Å². The number of nitrogens with zero attached hydrogens (tertiary/aromatic N) is 4. The summed E-state index contributed by atoms with van der Waals surface area (Å²) in [6.07, 6.45) is 0. The van der Waals surface area contributed by atoms with Crippen LogP contribution in [0.25, 0.3) is 83.6 Å². The molecule has 0 spiro atoms. The van der Waals surface area contributed by atoms with Crippen LogP contribution >= 0.6 is 0 Å². The molecule has 0 amide bonds. The Balaban J connectivity index is 1.30. The van der Waals surface area contributed by atoms with Gasteiger partial charge >= 0.3 is 0 Å². The van der Waals surface area contributed by atoms with Crippen molar-refractivity contribution in [2.45, 2.75) is 0 Å². The van der Waals surface area contributed by atoms with E-state index in [0.717, 1.165) is 77.8 Å². The standard InChI is InChI=1S/C45H30N4/c1-5-16-31(17-6-1)40-30-41(32-18-7-2-8-19-32)47-45(46-40)36-24-15-23-34(28-36)39-29-35-22-13-14-27-38(35)44-42(39)43(33-20-9-3-10-21-33)48-49(44)37-25-11-4-12-26-37/h1-30H. The monoisotopic (exact) mass is 626 g/mol. The third kappa shape index (κ3) is 5.26. The summed E-state index contributed by atoms with van der Waals surface area (Å²) < 4.78 is 2.10. The topological polar surface area (TPSA) is 43.6 Å². The summed E-state index contributed by atoms with van der Waals surface area (Å²) in [5.74, 6) is 0.683. The van der Waals surface area contributed by atoms with Crippen molar-refractivity contribution in [2.75, 3.05) is 0 Å². The van der Waals surface area contributed by atoms with Gasteiger partial charge < -0.3 is 0 Å². The number of rotatable bonds is 6. The van der Waals surface area contributed by atoms with Gasteiger partial charge in [-0.2, -0.15) is 5.10 Å². The summed E-state index contributed by atoms with van der Waals surface area (Å²) in [6, 6.07) is 63.1. The van der Waals surface area contributed by atoms with Crippen LogP contribution in [0.5, 0.6) is 0 Å². The maximum Gasteiger partial charge on any atom is 0.160 e. The van der Waals surface area contributed by atoms with Crippen LogP contribution in [-0.2, 0) is 0 Å². The van der Waals surface area contributed by atoms with Crippen molar-refractivity contribution in [3.8, 4) is 62.0 Å². The molecule has 9 aromatic rings. The average molecular weight is 627 g/mol. The molecule has 2 aromatic heterocycles. The van der Waals surface area contributed by atoms with E-state index in [0.29, 0.717) is 5.82 Å². The van der Waals surface area contributed by atoms with E-state index in [1.54, 1.807) is 0 Å². The Bertz CT molecular complexity index is 2520. The van der Waals surface area contributed by atoms with Gasteiger partial charge in [-0.3, -0.25) is 0 Å². The van der Waals surface area contributed by atoms with Crippen LogP contribution in [0.2, 0.25) is 0 Å². The summed E-state index contributed by atoms with van der Waals surface area (Å²) in [7, 11) is 0. The molecule has 7 aromatic carbocycles.